The van der Waals surface area contributed by atoms with E-state index in [1.807, 2.05) is 36.4 Å². The first-order valence-corrected chi connectivity index (χ1v) is 9.04. The van der Waals surface area contributed by atoms with E-state index in [1.165, 1.54) is 6.20 Å². The maximum Gasteiger partial charge on any atom is 0.395 e. The largest absolute Gasteiger partial charge is 0.493 e. The summed E-state index contributed by atoms with van der Waals surface area (Å²) in [6, 6.07) is 16.4. The number of nitrogens with zero attached hydrogens (tertiary/aromatic N) is 2. The Morgan fingerprint density at radius 1 is 0.933 bits per heavy atom. The second-order valence-electron chi connectivity index (χ2n) is 6.22. The van der Waals surface area contributed by atoms with E-state index in [-0.39, 0.29) is 12.5 Å². The van der Waals surface area contributed by atoms with E-state index in [1.54, 1.807) is 32.4 Å². The van der Waals surface area contributed by atoms with Gasteiger partial charge < -0.3 is 23.2 Å². The molecule has 0 spiro atoms. The number of hydrogen-bond donors (Lipinski definition) is 0. The molecule has 8 nitrogen and oxygen atoms in total. The highest BCUT2D eigenvalue weighted by Gasteiger charge is 2.17. The Kier molecular flexibility index (Phi) is 5.47. The van der Waals surface area contributed by atoms with Gasteiger partial charge in [-0.25, -0.2) is 9.78 Å². The van der Waals surface area contributed by atoms with Crippen LogP contribution in [0.2, 0.25) is 0 Å². The van der Waals surface area contributed by atoms with Gasteiger partial charge in [0.25, 0.3) is 0 Å². The van der Waals surface area contributed by atoms with Gasteiger partial charge in [-0.1, -0.05) is 35.5 Å². The first-order valence-electron chi connectivity index (χ1n) is 9.04. The average molecular weight is 406 g/mol. The van der Waals surface area contributed by atoms with E-state index in [9.17, 15) is 4.79 Å². The third kappa shape index (κ3) is 4.02. The Hall–Kier alpha value is -4.07. The molecule has 30 heavy (non-hydrogen) atoms. The molecule has 0 amide bonds. The zero-order chi connectivity index (χ0) is 20.9. The van der Waals surface area contributed by atoms with Gasteiger partial charge >= 0.3 is 11.9 Å². The molecule has 152 valence electrons. The molecule has 0 unspecified atom stereocenters. The minimum atomic E-state index is -0.687. The zero-order valence-corrected chi connectivity index (χ0v) is 16.3. The van der Waals surface area contributed by atoms with Crippen LogP contribution in [0.25, 0.3) is 22.6 Å². The number of methoxy groups -OCH3 is 2. The van der Waals surface area contributed by atoms with Crippen molar-refractivity contribution in [1.82, 2.24) is 10.1 Å². The lowest BCUT2D eigenvalue weighted by atomic mass is 10.1. The van der Waals surface area contributed by atoms with Gasteiger partial charge in [0, 0.05) is 17.2 Å². The molecule has 2 heterocycles. The Balaban J connectivity index is 1.41. The lowest BCUT2D eigenvalue weighted by molar-refractivity contribution is 0.0419. The van der Waals surface area contributed by atoms with Gasteiger partial charge in [0.1, 0.15) is 12.3 Å². The molecule has 0 aliphatic heterocycles. The summed E-state index contributed by atoms with van der Waals surface area (Å²) >= 11 is 0. The molecule has 8 heteroatoms. The van der Waals surface area contributed by atoms with Crippen LogP contribution in [0, 0.1) is 0 Å². The van der Waals surface area contributed by atoms with E-state index in [0.717, 1.165) is 11.1 Å². The zero-order valence-electron chi connectivity index (χ0n) is 16.3. The maximum absolute atomic E-state index is 12.2. The molecule has 0 N–H and O–H groups in total. The van der Waals surface area contributed by atoms with Crippen LogP contribution >= 0.6 is 0 Å². The normalized spacial score (nSPS) is 10.6. The Morgan fingerprint density at radius 2 is 1.73 bits per heavy atom. The van der Waals surface area contributed by atoms with Crippen molar-refractivity contribution in [3.05, 3.63) is 72.4 Å². The molecule has 0 aliphatic rings. The molecular weight excluding hydrogens is 388 g/mol. The molecule has 4 rings (SSSR count). The van der Waals surface area contributed by atoms with E-state index >= 15 is 0 Å². The molecule has 2 aromatic carbocycles. The SMILES string of the molecule is COc1ccc(-c2cc(COC(=O)c3ncc(-c4ccccc4)o3)no2)cc1OC. The minimum Gasteiger partial charge on any atom is -0.493 e. The molecule has 0 radical (unpaired) electrons. The molecule has 4 aromatic rings. The van der Waals surface area contributed by atoms with Crippen molar-refractivity contribution in [1.29, 1.82) is 0 Å². The van der Waals surface area contributed by atoms with Crippen molar-refractivity contribution >= 4 is 5.97 Å². The lowest BCUT2D eigenvalue weighted by Crippen LogP contribution is -2.05. The number of hydrogen-bond acceptors (Lipinski definition) is 8. The van der Waals surface area contributed by atoms with Gasteiger partial charge in [0.05, 0.1) is 20.4 Å². The summed E-state index contributed by atoms with van der Waals surface area (Å²) in [6.45, 7) is -0.0846. The van der Waals surface area contributed by atoms with Crippen LogP contribution in [0.15, 0.2) is 69.7 Å². The number of carbonyl (C=O) groups is 1. The number of ether oxygens (including phenoxy) is 3. The second-order valence-corrected chi connectivity index (χ2v) is 6.22. The molecule has 0 atom stereocenters. The van der Waals surface area contributed by atoms with Crippen LogP contribution in [-0.4, -0.2) is 30.3 Å². The Labute approximate surface area is 172 Å². The summed E-state index contributed by atoms with van der Waals surface area (Å²) < 4.78 is 26.6. The summed E-state index contributed by atoms with van der Waals surface area (Å²) in [5.74, 6) is 1.35. The van der Waals surface area contributed by atoms with E-state index in [0.29, 0.717) is 28.7 Å². The highest BCUT2D eigenvalue weighted by molar-refractivity contribution is 5.84. The van der Waals surface area contributed by atoms with Crippen molar-refractivity contribution in [3.63, 3.8) is 0 Å². The van der Waals surface area contributed by atoms with Gasteiger partial charge in [-0.15, -0.1) is 0 Å². The number of oxazole rings is 1. The Bertz CT molecular complexity index is 1150. The predicted molar refractivity (Wildman–Crippen MR) is 106 cm³/mol. The van der Waals surface area contributed by atoms with E-state index in [4.69, 9.17) is 23.2 Å². The van der Waals surface area contributed by atoms with Gasteiger partial charge in [0.2, 0.25) is 0 Å². The van der Waals surface area contributed by atoms with Gasteiger partial charge in [-0.05, 0) is 18.2 Å². The minimum absolute atomic E-state index is 0.0846. The summed E-state index contributed by atoms with van der Waals surface area (Å²) in [5, 5.41) is 3.93. The average Bonchev–Trinajstić information content (AvgIpc) is 3.48. The third-order valence-electron chi connectivity index (χ3n) is 4.32. The monoisotopic (exact) mass is 406 g/mol. The van der Waals surface area contributed by atoms with Gasteiger partial charge in [-0.2, -0.15) is 0 Å². The van der Waals surface area contributed by atoms with Crippen LogP contribution in [0.4, 0.5) is 0 Å². The van der Waals surface area contributed by atoms with E-state index < -0.39 is 5.97 Å². The van der Waals surface area contributed by atoms with Crippen molar-refractivity contribution < 1.29 is 27.9 Å². The topological polar surface area (TPSA) is 96.8 Å². The van der Waals surface area contributed by atoms with Crippen molar-refractivity contribution in [2.45, 2.75) is 6.61 Å². The molecule has 2 aromatic heterocycles. The van der Waals surface area contributed by atoms with Crippen LogP contribution < -0.4 is 9.47 Å². The molecule has 0 aliphatic carbocycles. The first kappa shape index (κ1) is 19.3. The fourth-order valence-corrected chi connectivity index (χ4v) is 2.81. The fourth-order valence-electron chi connectivity index (χ4n) is 2.81. The summed E-state index contributed by atoms with van der Waals surface area (Å²) in [5.41, 5.74) is 2.01. The summed E-state index contributed by atoms with van der Waals surface area (Å²) in [7, 11) is 3.12. The van der Waals surface area contributed by atoms with E-state index in [2.05, 4.69) is 10.1 Å². The quantitative estimate of drug-likeness (QED) is 0.417. The smallest absolute Gasteiger partial charge is 0.395 e. The number of rotatable bonds is 7. The summed E-state index contributed by atoms with van der Waals surface area (Å²) in [6.07, 6.45) is 1.48. The first-order chi connectivity index (χ1) is 14.7. The van der Waals surface area contributed by atoms with Crippen LogP contribution in [0.3, 0.4) is 0 Å². The number of benzene rings is 2. The number of esters is 1. The molecular formula is C22H18N2O6. The standard InChI is InChI=1S/C22H18N2O6/c1-26-17-9-8-15(10-19(17)27-2)18-11-16(24-30-18)13-28-22(25)21-23-12-20(29-21)14-6-4-3-5-7-14/h3-12H,13H2,1-2H3. The van der Waals surface area contributed by atoms with Crippen molar-refractivity contribution in [2.24, 2.45) is 0 Å². The second kappa shape index (κ2) is 8.52. The molecule has 0 saturated carbocycles. The summed E-state index contributed by atoms with van der Waals surface area (Å²) in [4.78, 5) is 16.2. The third-order valence-corrected chi connectivity index (χ3v) is 4.32. The van der Waals surface area contributed by atoms with Gasteiger partial charge in [-0.3, -0.25) is 0 Å². The maximum atomic E-state index is 12.2. The highest BCUT2D eigenvalue weighted by atomic mass is 16.5. The lowest BCUT2D eigenvalue weighted by Gasteiger charge is -2.07. The highest BCUT2D eigenvalue weighted by Crippen LogP contribution is 2.32. The van der Waals surface area contributed by atoms with Crippen LogP contribution in [-0.2, 0) is 11.3 Å². The fraction of sp³-hybridized carbons (Fsp3) is 0.136. The van der Waals surface area contributed by atoms with Crippen molar-refractivity contribution in [2.75, 3.05) is 14.2 Å². The van der Waals surface area contributed by atoms with Crippen molar-refractivity contribution in [3.8, 4) is 34.1 Å². The van der Waals surface area contributed by atoms with Gasteiger partial charge in [0.15, 0.2) is 23.0 Å². The van der Waals surface area contributed by atoms with Crippen LogP contribution in [0.5, 0.6) is 11.5 Å². The predicted octanol–water partition coefficient (Wildman–Crippen LogP) is 4.37. The number of carbonyl (C=O) groups excluding carboxylic acids is 1. The van der Waals surface area contributed by atoms with Crippen LogP contribution in [0.1, 0.15) is 16.4 Å². The Morgan fingerprint density at radius 3 is 2.50 bits per heavy atom. The molecule has 0 saturated heterocycles. The molecule has 0 fully saturated rings. The number of aromatic nitrogens is 2. The molecule has 0 bridgehead atoms.